The van der Waals surface area contributed by atoms with E-state index in [1.54, 1.807) is 11.3 Å². The number of aryl methyl sites for hydroxylation is 1. The number of hydrogen-bond acceptors (Lipinski definition) is 3. The molecule has 1 rings (SSSR count). The molecule has 0 aliphatic rings. The molecule has 1 atom stereocenters. The third kappa shape index (κ3) is 2.82. The van der Waals surface area contributed by atoms with E-state index in [0.29, 0.717) is 6.54 Å². The van der Waals surface area contributed by atoms with E-state index in [-0.39, 0.29) is 11.9 Å². The van der Waals surface area contributed by atoms with E-state index in [1.165, 1.54) is 4.88 Å². The molecule has 14 heavy (non-hydrogen) atoms. The van der Waals surface area contributed by atoms with Crippen LogP contribution in [0.5, 0.6) is 0 Å². The van der Waals surface area contributed by atoms with Crippen LogP contribution in [0.25, 0.3) is 0 Å². The molecule has 0 aliphatic heterocycles. The lowest BCUT2D eigenvalue weighted by molar-refractivity contribution is 0.0945. The van der Waals surface area contributed by atoms with Gasteiger partial charge in [-0.05, 0) is 25.5 Å². The normalized spacial score (nSPS) is 12.5. The van der Waals surface area contributed by atoms with Gasteiger partial charge in [0.25, 0.3) is 5.91 Å². The molecule has 78 valence electrons. The van der Waals surface area contributed by atoms with Gasteiger partial charge in [0.15, 0.2) is 0 Å². The number of carbonyl (C=O) groups excluding carboxylic acids is 1. The number of amides is 1. The number of rotatable bonds is 4. The molecule has 0 fully saturated rings. The first-order valence-corrected chi connectivity index (χ1v) is 5.58. The topological polar surface area (TPSA) is 55.1 Å². The van der Waals surface area contributed by atoms with Crippen molar-refractivity contribution in [3.05, 3.63) is 21.9 Å². The average Bonchev–Trinajstić information content (AvgIpc) is 2.65. The van der Waals surface area contributed by atoms with Crippen LogP contribution in [-0.2, 0) is 6.42 Å². The fourth-order valence-electron chi connectivity index (χ4n) is 1.04. The molecule has 1 aromatic rings. The minimum Gasteiger partial charge on any atom is -0.348 e. The molecule has 3 N–H and O–H groups in total. The monoisotopic (exact) mass is 212 g/mol. The summed E-state index contributed by atoms with van der Waals surface area (Å²) in [5.74, 6) is -0.0207. The summed E-state index contributed by atoms with van der Waals surface area (Å²) in [5.41, 5.74) is 5.42. The molecule has 0 aliphatic carbocycles. The zero-order valence-corrected chi connectivity index (χ0v) is 9.36. The minimum absolute atomic E-state index is 0.0207. The van der Waals surface area contributed by atoms with E-state index in [1.807, 2.05) is 19.1 Å². The summed E-state index contributed by atoms with van der Waals surface area (Å²) in [5, 5.41) is 2.83. The highest BCUT2D eigenvalue weighted by Crippen LogP contribution is 2.16. The van der Waals surface area contributed by atoms with Crippen LogP contribution >= 0.6 is 11.3 Å². The highest BCUT2D eigenvalue weighted by Gasteiger charge is 2.10. The van der Waals surface area contributed by atoms with Gasteiger partial charge in [0.05, 0.1) is 4.88 Å². The van der Waals surface area contributed by atoms with Gasteiger partial charge in [-0.2, -0.15) is 0 Å². The molecule has 1 amide bonds. The van der Waals surface area contributed by atoms with Gasteiger partial charge in [-0.3, -0.25) is 4.79 Å². The van der Waals surface area contributed by atoms with Crippen molar-refractivity contribution in [2.24, 2.45) is 5.73 Å². The number of nitrogens with two attached hydrogens (primary N) is 1. The van der Waals surface area contributed by atoms with Crippen molar-refractivity contribution < 1.29 is 4.79 Å². The van der Waals surface area contributed by atoms with Gasteiger partial charge in [-0.15, -0.1) is 11.3 Å². The molecule has 0 saturated heterocycles. The fourth-order valence-corrected chi connectivity index (χ4v) is 1.89. The van der Waals surface area contributed by atoms with Crippen molar-refractivity contribution in [3.8, 4) is 0 Å². The van der Waals surface area contributed by atoms with Crippen LogP contribution in [0, 0.1) is 0 Å². The van der Waals surface area contributed by atoms with E-state index in [9.17, 15) is 4.79 Å². The van der Waals surface area contributed by atoms with Gasteiger partial charge >= 0.3 is 0 Å². The number of hydrogen-bond donors (Lipinski definition) is 2. The van der Waals surface area contributed by atoms with Crippen molar-refractivity contribution in [1.82, 2.24) is 5.32 Å². The molecule has 0 bridgehead atoms. The van der Waals surface area contributed by atoms with Crippen molar-refractivity contribution in [2.45, 2.75) is 26.3 Å². The molecule has 0 aromatic carbocycles. The second-order valence-corrected chi connectivity index (χ2v) is 4.40. The first kappa shape index (κ1) is 11.2. The van der Waals surface area contributed by atoms with E-state index in [2.05, 4.69) is 12.2 Å². The van der Waals surface area contributed by atoms with E-state index >= 15 is 0 Å². The Labute approximate surface area is 88.3 Å². The SMILES string of the molecule is CCc1ccc(C(=O)NC(C)CN)s1. The van der Waals surface area contributed by atoms with E-state index in [4.69, 9.17) is 5.73 Å². The Bertz CT molecular complexity index is 309. The maximum absolute atomic E-state index is 11.6. The predicted octanol–water partition coefficient (Wildman–Crippen LogP) is 1.39. The summed E-state index contributed by atoms with van der Waals surface area (Å²) in [6.07, 6.45) is 0.977. The van der Waals surface area contributed by atoms with Crippen molar-refractivity contribution >= 4 is 17.2 Å². The highest BCUT2D eigenvalue weighted by molar-refractivity contribution is 7.14. The molecule has 4 heteroatoms. The first-order valence-electron chi connectivity index (χ1n) is 4.77. The van der Waals surface area contributed by atoms with Crippen LogP contribution in [0.2, 0.25) is 0 Å². The second-order valence-electron chi connectivity index (χ2n) is 3.23. The van der Waals surface area contributed by atoms with Gasteiger partial charge in [0, 0.05) is 17.5 Å². The summed E-state index contributed by atoms with van der Waals surface area (Å²) in [6.45, 7) is 4.44. The van der Waals surface area contributed by atoms with Crippen LogP contribution in [-0.4, -0.2) is 18.5 Å². The van der Waals surface area contributed by atoms with Crippen LogP contribution < -0.4 is 11.1 Å². The standard InChI is InChI=1S/C10H16N2OS/c1-3-8-4-5-9(14-8)10(13)12-7(2)6-11/h4-5,7H,3,6,11H2,1-2H3,(H,12,13). The first-order chi connectivity index (χ1) is 6.67. The smallest absolute Gasteiger partial charge is 0.261 e. The highest BCUT2D eigenvalue weighted by atomic mass is 32.1. The van der Waals surface area contributed by atoms with E-state index in [0.717, 1.165) is 11.3 Å². The zero-order chi connectivity index (χ0) is 10.6. The summed E-state index contributed by atoms with van der Waals surface area (Å²) >= 11 is 1.54. The summed E-state index contributed by atoms with van der Waals surface area (Å²) in [6, 6.07) is 3.89. The predicted molar refractivity (Wildman–Crippen MR) is 59.7 cm³/mol. The van der Waals surface area contributed by atoms with Gasteiger partial charge < -0.3 is 11.1 Å². The Kier molecular flexibility index (Phi) is 4.10. The largest absolute Gasteiger partial charge is 0.348 e. The molecular weight excluding hydrogens is 196 g/mol. The Morgan fingerprint density at radius 2 is 2.36 bits per heavy atom. The van der Waals surface area contributed by atoms with Crippen LogP contribution in [0.1, 0.15) is 28.4 Å². The summed E-state index contributed by atoms with van der Waals surface area (Å²) in [7, 11) is 0. The lowest BCUT2D eigenvalue weighted by Crippen LogP contribution is -2.37. The van der Waals surface area contributed by atoms with Gasteiger partial charge in [-0.25, -0.2) is 0 Å². The molecule has 3 nitrogen and oxygen atoms in total. The van der Waals surface area contributed by atoms with Gasteiger partial charge in [0.2, 0.25) is 0 Å². The lowest BCUT2D eigenvalue weighted by atomic mass is 10.3. The number of thiophene rings is 1. The number of carbonyl (C=O) groups is 1. The Morgan fingerprint density at radius 3 is 2.86 bits per heavy atom. The molecule has 1 aromatic heterocycles. The molecule has 0 saturated carbocycles. The Morgan fingerprint density at radius 1 is 1.64 bits per heavy atom. The summed E-state index contributed by atoms with van der Waals surface area (Å²) < 4.78 is 0. The molecule has 0 radical (unpaired) electrons. The molecule has 1 heterocycles. The quantitative estimate of drug-likeness (QED) is 0.792. The van der Waals surface area contributed by atoms with Crippen LogP contribution in [0.4, 0.5) is 0 Å². The third-order valence-electron chi connectivity index (χ3n) is 1.96. The third-order valence-corrected chi connectivity index (χ3v) is 3.19. The summed E-state index contributed by atoms with van der Waals surface area (Å²) in [4.78, 5) is 13.6. The molecule has 1 unspecified atom stereocenters. The minimum atomic E-state index is -0.0207. The Balaban J connectivity index is 2.60. The lowest BCUT2D eigenvalue weighted by Gasteiger charge is -2.09. The van der Waals surface area contributed by atoms with Crippen molar-refractivity contribution in [3.63, 3.8) is 0 Å². The molecule has 0 spiro atoms. The maximum Gasteiger partial charge on any atom is 0.261 e. The van der Waals surface area contributed by atoms with Crippen molar-refractivity contribution in [2.75, 3.05) is 6.54 Å². The van der Waals surface area contributed by atoms with Gasteiger partial charge in [-0.1, -0.05) is 6.92 Å². The van der Waals surface area contributed by atoms with Gasteiger partial charge in [0.1, 0.15) is 0 Å². The zero-order valence-electron chi connectivity index (χ0n) is 8.54. The fraction of sp³-hybridized carbons (Fsp3) is 0.500. The maximum atomic E-state index is 11.6. The van der Waals surface area contributed by atoms with Crippen LogP contribution in [0.3, 0.4) is 0 Å². The van der Waals surface area contributed by atoms with Crippen molar-refractivity contribution in [1.29, 1.82) is 0 Å². The average molecular weight is 212 g/mol. The van der Waals surface area contributed by atoms with E-state index < -0.39 is 0 Å². The van der Waals surface area contributed by atoms with Crippen LogP contribution in [0.15, 0.2) is 12.1 Å². The Hall–Kier alpha value is -0.870. The second kappa shape index (κ2) is 5.12. The molecular formula is C10H16N2OS. The number of nitrogens with one attached hydrogen (secondary N) is 1.